The molecule has 7 heteroatoms. The number of hydrogen-bond donors (Lipinski definition) is 2. The number of halogens is 1. The van der Waals surface area contributed by atoms with Crippen LogP contribution in [0.5, 0.6) is 0 Å². The predicted molar refractivity (Wildman–Crippen MR) is 70.7 cm³/mol. The van der Waals surface area contributed by atoms with Gasteiger partial charge in [-0.15, -0.1) is 0 Å². The Morgan fingerprint density at radius 1 is 1.42 bits per heavy atom. The summed E-state index contributed by atoms with van der Waals surface area (Å²) in [7, 11) is -3.70. The summed E-state index contributed by atoms with van der Waals surface area (Å²) in [6.45, 7) is 1.78. The van der Waals surface area contributed by atoms with Crippen molar-refractivity contribution in [3.8, 4) is 0 Å². The van der Waals surface area contributed by atoms with E-state index in [4.69, 9.17) is 16.7 Å². The SMILES string of the molecule is Cc1ccc(Cl)c(S(=O)(=O)NC2CC(C(=O)O)C2)c1. The minimum atomic E-state index is -3.70. The highest BCUT2D eigenvalue weighted by atomic mass is 35.5. The number of carboxylic acid groups (broad SMARTS) is 1. The maximum Gasteiger partial charge on any atom is 0.306 e. The number of rotatable bonds is 4. The Morgan fingerprint density at radius 3 is 2.63 bits per heavy atom. The molecule has 0 aromatic heterocycles. The van der Waals surface area contributed by atoms with E-state index in [0.29, 0.717) is 12.8 Å². The number of hydrogen-bond acceptors (Lipinski definition) is 3. The summed E-state index contributed by atoms with van der Waals surface area (Å²) < 4.78 is 26.8. The Morgan fingerprint density at radius 2 is 2.05 bits per heavy atom. The van der Waals surface area contributed by atoms with Crippen molar-refractivity contribution in [3.05, 3.63) is 28.8 Å². The van der Waals surface area contributed by atoms with Gasteiger partial charge in [-0.3, -0.25) is 4.79 Å². The Kier molecular flexibility index (Phi) is 3.85. The van der Waals surface area contributed by atoms with Gasteiger partial charge in [0.05, 0.1) is 10.9 Å². The molecule has 0 saturated heterocycles. The Bertz CT molecular complexity index is 608. The summed E-state index contributed by atoms with van der Waals surface area (Å²) in [5.41, 5.74) is 0.793. The zero-order chi connectivity index (χ0) is 14.2. The second kappa shape index (κ2) is 5.11. The van der Waals surface area contributed by atoms with Crippen molar-refractivity contribution < 1.29 is 18.3 Å². The molecule has 0 spiro atoms. The van der Waals surface area contributed by atoms with Gasteiger partial charge in [-0.25, -0.2) is 13.1 Å². The van der Waals surface area contributed by atoms with Gasteiger partial charge >= 0.3 is 5.97 Å². The van der Waals surface area contributed by atoms with Gasteiger partial charge in [-0.05, 0) is 37.5 Å². The quantitative estimate of drug-likeness (QED) is 0.888. The maximum atomic E-state index is 12.1. The van der Waals surface area contributed by atoms with Crippen LogP contribution in [0, 0.1) is 12.8 Å². The number of carboxylic acids is 1. The van der Waals surface area contributed by atoms with Crippen molar-refractivity contribution in [2.75, 3.05) is 0 Å². The van der Waals surface area contributed by atoms with Crippen LogP contribution in [0.25, 0.3) is 0 Å². The molecule has 19 heavy (non-hydrogen) atoms. The molecule has 5 nitrogen and oxygen atoms in total. The molecule has 2 rings (SSSR count). The lowest BCUT2D eigenvalue weighted by Crippen LogP contribution is -2.46. The number of aryl methyl sites for hydroxylation is 1. The fourth-order valence-corrected chi connectivity index (χ4v) is 3.86. The van der Waals surface area contributed by atoms with Crippen molar-refractivity contribution >= 4 is 27.6 Å². The monoisotopic (exact) mass is 303 g/mol. The molecule has 0 radical (unpaired) electrons. The van der Waals surface area contributed by atoms with Crippen LogP contribution < -0.4 is 4.72 Å². The Balaban J connectivity index is 2.12. The molecular formula is C12H14ClNO4S. The standard InChI is InChI=1S/C12H14ClNO4S/c1-7-2-3-10(13)11(4-7)19(17,18)14-9-5-8(6-9)12(15)16/h2-4,8-9,14H,5-6H2,1H3,(H,15,16). The molecule has 1 aliphatic rings. The van der Waals surface area contributed by atoms with Crippen LogP contribution in [-0.2, 0) is 14.8 Å². The number of sulfonamides is 1. The molecule has 1 saturated carbocycles. The minimum absolute atomic E-state index is 0.0351. The smallest absolute Gasteiger partial charge is 0.306 e. The van der Waals surface area contributed by atoms with Crippen molar-refractivity contribution in [3.63, 3.8) is 0 Å². The van der Waals surface area contributed by atoms with Gasteiger partial charge in [0.25, 0.3) is 0 Å². The molecule has 0 atom stereocenters. The third kappa shape index (κ3) is 3.08. The third-order valence-corrected chi connectivity index (χ3v) is 5.19. The molecular weight excluding hydrogens is 290 g/mol. The summed E-state index contributed by atoms with van der Waals surface area (Å²) in [6.07, 6.45) is 0.635. The summed E-state index contributed by atoms with van der Waals surface area (Å²) in [6, 6.07) is 4.43. The van der Waals surface area contributed by atoms with Gasteiger partial charge in [-0.2, -0.15) is 0 Å². The van der Waals surface area contributed by atoms with Crippen LogP contribution in [0.15, 0.2) is 23.1 Å². The molecule has 0 amide bonds. The van der Waals surface area contributed by atoms with Crippen molar-refractivity contribution in [1.29, 1.82) is 0 Å². The van der Waals surface area contributed by atoms with Gasteiger partial charge in [0, 0.05) is 6.04 Å². The van der Waals surface area contributed by atoms with Gasteiger partial charge < -0.3 is 5.11 Å². The fourth-order valence-electron chi connectivity index (χ4n) is 2.02. The van der Waals surface area contributed by atoms with E-state index in [1.807, 2.05) is 0 Å². The highest BCUT2D eigenvalue weighted by Gasteiger charge is 2.37. The second-order valence-electron chi connectivity index (χ2n) is 4.76. The zero-order valence-corrected chi connectivity index (χ0v) is 11.8. The number of benzene rings is 1. The molecule has 0 aliphatic heterocycles. The predicted octanol–water partition coefficient (Wildman–Crippen LogP) is 1.79. The molecule has 0 bridgehead atoms. The van der Waals surface area contributed by atoms with Crippen LogP contribution >= 0.6 is 11.6 Å². The van der Waals surface area contributed by atoms with E-state index in [1.54, 1.807) is 13.0 Å². The highest BCUT2D eigenvalue weighted by Crippen LogP contribution is 2.30. The lowest BCUT2D eigenvalue weighted by Gasteiger charge is -2.32. The summed E-state index contributed by atoms with van der Waals surface area (Å²) in [4.78, 5) is 10.7. The molecule has 1 aromatic carbocycles. The zero-order valence-electron chi connectivity index (χ0n) is 10.3. The number of nitrogens with one attached hydrogen (secondary N) is 1. The minimum Gasteiger partial charge on any atom is -0.481 e. The van der Waals surface area contributed by atoms with Crippen molar-refractivity contribution in [2.24, 2.45) is 5.92 Å². The molecule has 0 heterocycles. The molecule has 2 N–H and O–H groups in total. The Labute approximate surface area is 116 Å². The number of aliphatic carboxylic acids is 1. The topological polar surface area (TPSA) is 83.5 Å². The van der Waals surface area contributed by atoms with Crippen LogP contribution in [0.2, 0.25) is 5.02 Å². The summed E-state index contributed by atoms with van der Waals surface area (Å²) >= 11 is 5.89. The second-order valence-corrected chi connectivity index (χ2v) is 6.85. The molecule has 0 unspecified atom stereocenters. The first-order valence-corrected chi connectivity index (χ1v) is 7.67. The van der Waals surface area contributed by atoms with Gasteiger partial charge in [0.15, 0.2) is 0 Å². The van der Waals surface area contributed by atoms with E-state index in [0.717, 1.165) is 5.56 Å². The number of carbonyl (C=O) groups is 1. The summed E-state index contributed by atoms with van der Waals surface area (Å²) in [5, 5.41) is 8.91. The van der Waals surface area contributed by atoms with Gasteiger partial charge in [0.1, 0.15) is 4.90 Å². The average Bonchev–Trinajstić information content (AvgIpc) is 2.25. The first-order chi connectivity index (χ1) is 8.79. The largest absolute Gasteiger partial charge is 0.481 e. The van der Waals surface area contributed by atoms with Crippen molar-refractivity contribution in [1.82, 2.24) is 4.72 Å². The van der Waals surface area contributed by atoms with E-state index in [1.165, 1.54) is 12.1 Å². The molecule has 1 aliphatic carbocycles. The maximum absolute atomic E-state index is 12.1. The van der Waals surface area contributed by atoms with Gasteiger partial charge in [0.2, 0.25) is 10.0 Å². The van der Waals surface area contributed by atoms with Crippen LogP contribution in [-0.4, -0.2) is 25.5 Å². The normalized spacial score (nSPS) is 22.8. The third-order valence-electron chi connectivity index (χ3n) is 3.19. The van der Waals surface area contributed by atoms with Crippen LogP contribution in [0.4, 0.5) is 0 Å². The van der Waals surface area contributed by atoms with Crippen LogP contribution in [0.1, 0.15) is 18.4 Å². The van der Waals surface area contributed by atoms with E-state index in [-0.39, 0.29) is 16.0 Å². The van der Waals surface area contributed by atoms with Gasteiger partial charge in [-0.1, -0.05) is 17.7 Å². The molecule has 104 valence electrons. The van der Waals surface area contributed by atoms with E-state index in [9.17, 15) is 13.2 Å². The Hall–Kier alpha value is -1.11. The lowest BCUT2D eigenvalue weighted by molar-refractivity contribution is -0.145. The fraction of sp³-hybridized carbons (Fsp3) is 0.417. The molecule has 1 fully saturated rings. The van der Waals surface area contributed by atoms with E-state index >= 15 is 0 Å². The first-order valence-electron chi connectivity index (χ1n) is 5.81. The molecule has 1 aromatic rings. The average molecular weight is 304 g/mol. The first kappa shape index (κ1) is 14.3. The lowest BCUT2D eigenvalue weighted by atomic mass is 9.81. The van der Waals surface area contributed by atoms with E-state index < -0.39 is 21.9 Å². The highest BCUT2D eigenvalue weighted by molar-refractivity contribution is 7.89. The van der Waals surface area contributed by atoms with E-state index in [2.05, 4.69) is 4.72 Å². The summed E-state index contributed by atoms with van der Waals surface area (Å²) in [5.74, 6) is -1.34. The van der Waals surface area contributed by atoms with Crippen molar-refractivity contribution in [2.45, 2.75) is 30.7 Å². The van der Waals surface area contributed by atoms with Crippen LogP contribution in [0.3, 0.4) is 0 Å².